The molecule has 0 saturated carbocycles. The molecule has 3 rings (SSSR count). The van der Waals surface area contributed by atoms with Crippen molar-refractivity contribution < 1.29 is 14.7 Å². The second-order valence-corrected chi connectivity index (χ2v) is 6.93. The van der Waals surface area contributed by atoms with E-state index in [1.165, 1.54) is 23.1 Å². The zero-order valence-corrected chi connectivity index (χ0v) is 16.7. The van der Waals surface area contributed by atoms with Gasteiger partial charge in [-0.15, -0.1) is 0 Å². The number of anilines is 1. The Bertz CT molecular complexity index is 1060. The number of carbonyl (C=O) groups is 2. The van der Waals surface area contributed by atoms with Gasteiger partial charge in [0.05, 0.1) is 27.9 Å². The van der Waals surface area contributed by atoms with E-state index in [4.69, 9.17) is 28.9 Å². The van der Waals surface area contributed by atoms with Crippen molar-refractivity contribution in [1.82, 2.24) is 4.98 Å². The molecule has 0 bridgehead atoms. The Morgan fingerprint density at radius 1 is 1.03 bits per heavy atom. The Balaban J connectivity index is 2.01. The van der Waals surface area contributed by atoms with Gasteiger partial charge in [0.2, 0.25) is 5.91 Å². The Hall–Kier alpha value is -2.93. The van der Waals surface area contributed by atoms with Gasteiger partial charge >= 0.3 is 0 Å². The molecule has 0 saturated heterocycles. The second-order valence-electron chi connectivity index (χ2n) is 6.12. The lowest BCUT2D eigenvalue weighted by Gasteiger charge is -2.23. The van der Waals surface area contributed by atoms with Gasteiger partial charge in [-0.3, -0.25) is 14.6 Å². The van der Waals surface area contributed by atoms with E-state index < -0.39 is 11.8 Å². The van der Waals surface area contributed by atoms with Crippen molar-refractivity contribution >= 4 is 40.7 Å². The fraction of sp³-hybridized carbons (Fsp3) is 0.0952. The quantitative estimate of drug-likeness (QED) is 0.622. The lowest BCUT2D eigenvalue weighted by molar-refractivity contribution is 0.0976. The van der Waals surface area contributed by atoms with Gasteiger partial charge in [0.25, 0.3) is 5.91 Å². The van der Waals surface area contributed by atoms with E-state index in [1.54, 1.807) is 30.5 Å². The summed E-state index contributed by atoms with van der Waals surface area (Å²) in [7, 11) is 0. The molecule has 6 nitrogen and oxygen atoms in total. The third-order valence-electron chi connectivity index (χ3n) is 4.25. The maximum atomic E-state index is 13.1. The summed E-state index contributed by atoms with van der Waals surface area (Å²) in [5, 5.41) is 10.1. The predicted octanol–water partition coefficient (Wildman–Crippen LogP) is 3.79. The number of carbonyl (C=O) groups excluding carboxylic acids is 2. The monoisotopic (exact) mass is 429 g/mol. The molecule has 3 aromatic rings. The van der Waals surface area contributed by atoms with Crippen LogP contribution in [-0.4, -0.2) is 35.1 Å². The highest BCUT2D eigenvalue weighted by Gasteiger charge is 2.20. The molecule has 0 fully saturated rings. The Morgan fingerprint density at radius 2 is 1.83 bits per heavy atom. The number of aliphatic hydroxyl groups excluding tert-OH is 1. The van der Waals surface area contributed by atoms with Crippen LogP contribution < -0.4 is 10.6 Å². The first-order valence-corrected chi connectivity index (χ1v) is 9.41. The van der Waals surface area contributed by atoms with Gasteiger partial charge in [0.1, 0.15) is 0 Å². The van der Waals surface area contributed by atoms with E-state index in [2.05, 4.69) is 4.98 Å². The molecule has 1 heterocycles. The standard InChI is InChI=1S/C21H17Cl2N3O3/c22-17-7-5-14(12-16(17)19-3-1-2-8-25-19)26(9-10-27)21(29)13-4-6-15(20(24)28)18(23)11-13/h1-8,11-12,27H,9-10H2,(H2,24,28). The first kappa shape index (κ1) is 20.8. The van der Waals surface area contributed by atoms with Crippen molar-refractivity contribution in [3.8, 4) is 11.3 Å². The maximum Gasteiger partial charge on any atom is 0.258 e. The van der Waals surface area contributed by atoms with Gasteiger partial charge in [-0.05, 0) is 48.5 Å². The van der Waals surface area contributed by atoms with Crippen molar-refractivity contribution in [2.45, 2.75) is 0 Å². The van der Waals surface area contributed by atoms with Gasteiger partial charge in [0.15, 0.2) is 0 Å². The fourth-order valence-electron chi connectivity index (χ4n) is 2.85. The Labute approximate surface area is 177 Å². The van der Waals surface area contributed by atoms with Crippen molar-refractivity contribution in [2.24, 2.45) is 5.73 Å². The molecular formula is C21H17Cl2N3O3. The molecule has 0 atom stereocenters. The third kappa shape index (κ3) is 4.56. The Morgan fingerprint density at radius 3 is 2.45 bits per heavy atom. The zero-order chi connectivity index (χ0) is 21.0. The van der Waals surface area contributed by atoms with E-state index in [9.17, 15) is 14.7 Å². The predicted molar refractivity (Wildman–Crippen MR) is 113 cm³/mol. The molecule has 0 radical (unpaired) electrons. The van der Waals surface area contributed by atoms with Crippen molar-refractivity contribution in [1.29, 1.82) is 0 Å². The van der Waals surface area contributed by atoms with Crippen LogP contribution in [0.4, 0.5) is 5.69 Å². The van der Waals surface area contributed by atoms with Crippen molar-refractivity contribution in [3.63, 3.8) is 0 Å². The second kappa shape index (κ2) is 9.05. The lowest BCUT2D eigenvalue weighted by Crippen LogP contribution is -2.33. The van der Waals surface area contributed by atoms with Gasteiger partial charge in [-0.25, -0.2) is 0 Å². The number of halogens is 2. The first-order chi connectivity index (χ1) is 13.9. The molecule has 0 spiro atoms. The lowest BCUT2D eigenvalue weighted by atomic mass is 10.1. The molecule has 29 heavy (non-hydrogen) atoms. The number of pyridine rings is 1. The van der Waals surface area contributed by atoms with Crippen LogP contribution in [-0.2, 0) is 0 Å². The highest BCUT2D eigenvalue weighted by atomic mass is 35.5. The van der Waals surface area contributed by atoms with Crippen LogP contribution in [0, 0.1) is 0 Å². The summed E-state index contributed by atoms with van der Waals surface area (Å²) in [5.74, 6) is -1.08. The summed E-state index contributed by atoms with van der Waals surface area (Å²) in [6, 6.07) is 14.8. The van der Waals surface area contributed by atoms with Crippen LogP contribution >= 0.6 is 23.2 Å². The minimum atomic E-state index is -0.682. The number of hydrogen-bond donors (Lipinski definition) is 2. The molecular weight excluding hydrogens is 413 g/mol. The van der Waals surface area contributed by atoms with E-state index in [0.717, 1.165) is 0 Å². The molecule has 0 aliphatic heterocycles. The molecule has 2 aromatic carbocycles. The largest absolute Gasteiger partial charge is 0.395 e. The molecule has 2 amide bonds. The van der Waals surface area contributed by atoms with Crippen LogP contribution in [0.25, 0.3) is 11.3 Å². The number of nitrogens with zero attached hydrogens (tertiary/aromatic N) is 2. The van der Waals surface area contributed by atoms with E-state index in [1.807, 2.05) is 12.1 Å². The molecule has 0 aliphatic carbocycles. The summed E-state index contributed by atoms with van der Waals surface area (Å²) in [4.78, 5) is 30.1. The number of amides is 2. The van der Waals surface area contributed by atoms with E-state index >= 15 is 0 Å². The van der Waals surface area contributed by atoms with Gasteiger partial charge in [-0.1, -0.05) is 29.3 Å². The topological polar surface area (TPSA) is 96.5 Å². The summed E-state index contributed by atoms with van der Waals surface area (Å²) in [5.41, 5.74) is 7.48. The number of nitrogens with two attached hydrogens (primary N) is 1. The number of rotatable bonds is 6. The van der Waals surface area contributed by atoms with Crippen LogP contribution in [0.5, 0.6) is 0 Å². The molecule has 8 heteroatoms. The van der Waals surface area contributed by atoms with Gasteiger partial charge in [-0.2, -0.15) is 0 Å². The van der Waals surface area contributed by atoms with Crippen LogP contribution in [0.3, 0.4) is 0 Å². The minimum Gasteiger partial charge on any atom is -0.395 e. The molecule has 0 unspecified atom stereocenters. The third-order valence-corrected chi connectivity index (χ3v) is 4.90. The summed E-state index contributed by atoms with van der Waals surface area (Å²) in [6.07, 6.45) is 1.65. The maximum absolute atomic E-state index is 13.1. The molecule has 3 N–H and O–H groups in total. The summed E-state index contributed by atoms with van der Waals surface area (Å²) >= 11 is 12.4. The fourth-order valence-corrected chi connectivity index (χ4v) is 3.34. The SMILES string of the molecule is NC(=O)c1ccc(C(=O)N(CCO)c2ccc(Cl)c(-c3ccccn3)c2)cc1Cl. The Kier molecular flexibility index (Phi) is 6.49. The number of benzene rings is 2. The molecule has 148 valence electrons. The summed E-state index contributed by atoms with van der Waals surface area (Å²) in [6.45, 7) is -0.197. The van der Waals surface area contributed by atoms with E-state index in [-0.39, 0.29) is 29.3 Å². The van der Waals surface area contributed by atoms with Crippen molar-refractivity contribution in [3.05, 3.63) is 82.0 Å². The van der Waals surface area contributed by atoms with Gasteiger partial charge < -0.3 is 15.7 Å². The van der Waals surface area contributed by atoms with E-state index in [0.29, 0.717) is 22.0 Å². The first-order valence-electron chi connectivity index (χ1n) is 8.65. The summed E-state index contributed by atoms with van der Waals surface area (Å²) < 4.78 is 0. The average Bonchev–Trinajstić information content (AvgIpc) is 2.72. The number of hydrogen-bond acceptors (Lipinski definition) is 4. The van der Waals surface area contributed by atoms with Crippen LogP contribution in [0.2, 0.25) is 10.0 Å². The number of aromatic nitrogens is 1. The zero-order valence-electron chi connectivity index (χ0n) is 15.2. The van der Waals surface area contributed by atoms with Crippen LogP contribution in [0.1, 0.15) is 20.7 Å². The molecule has 1 aromatic heterocycles. The molecule has 0 aliphatic rings. The van der Waals surface area contributed by atoms with Gasteiger partial charge in [0, 0.05) is 29.6 Å². The number of primary amides is 1. The number of aliphatic hydroxyl groups is 1. The normalized spacial score (nSPS) is 10.6. The van der Waals surface area contributed by atoms with Crippen molar-refractivity contribution in [2.75, 3.05) is 18.1 Å². The smallest absolute Gasteiger partial charge is 0.258 e. The minimum absolute atomic E-state index is 0.0529. The highest BCUT2D eigenvalue weighted by Crippen LogP contribution is 2.31. The highest BCUT2D eigenvalue weighted by molar-refractivity contribution is 6.34. The average molecular weight is 430 g/mol. The van der Waals surface area contributed by atoms with Crippen LogP contribution in [0.15, 0.2) is 60.8 Å².